The Kier molecular flexibility index (Phi) is 4.61. The van der Waals surface area contributed by atoms with Gasteiger partial charge in [0.05, 0.1) is 6.10 Å². The van der Waals surface area contributed by atoms with Gasteiger partial charge in [0.1, 0.15) is 12.4 Å². The number of aliphatic hydroxyl groups excluding tert-OH is 1. The average molecular weight is 249 g/mol. The zero-order valence-corrected chi connectivity index (χ0v) is 11.4. The summed E-state index contributed by atoms with van der Waals surface area (Å²) in [6, 6.07) is 6.21. The monoisotopic (exact) mass is 249 g/mol. The van der Waals surface area contributed by atoms with Crippen LogP contribution in [0.15, 0.2) is 18.2 Å². The van der Waals surface area contributed by atoms with E-state index in [1.807, 2.05) is 0 Å². The quantitative estimate of drug-likeness (QED) is 0.887. The molecule has 0 aliphatic carbocycles. The smallest absolute Gasteiger partial charge is 0.125 e. The molecule has 0 aromatic heterocycles. The molecule has 18 heavy (non-hydrogen) atoms. The molecule has 1 atom stereocenters. The summed E-state index contributed by atoms with van der Waals surface area (Å²) in [5.74, 6) is 1.01. The minimum atomic E-state index is -0.154. The second-order valence-electron chi connectivity index (χ2n) is 5.17. The van der Waals surface area contributed by atoms with Crippen molar-refractivity contribution < 1.29 is 9.84 Å². The maximum atomic E-state index is 9.60. The molecule has 100 valence electrons. The van der Waals surface area contributed by atoms with Crippen molar-refractivity contribution in [2.75, 3.05) is 26.2 Å². The summed E-state index contributed by atoms with van der Waals surface area (Å²) in [6.45, 7) is 7.60. The van der Waals surface area contributed by atoms with Crippen molar-refractivity contribution in [3.8, 4) is 5.75 Å². The molecular weight excluding hydrogens is 226 g/mol. The Labute approximate surface area is 109 Å². The highest BCUT2D eigenvalue weighted by Gasteiger charge is 2.17. The Morgan fingerprint density at radius 1 is 1.33 bits per heavy atom. The SMILES string of the molecule is Cc1cccc(C)c1OCCN1CCCC(O)C1. The lowest BCUT2D eigenvalue weighted by atomic mass is 10.1. The number of aryl methyl sites for hydroxylation is 2. The summed E-state index contributed by atoms with van der Waals surface area (Å²) in [5.41, 5.74) is 2.38. The molecule has 1 N–H and O–H groups in total. The number of ether oxygens (including phenoxy) is 1. The van der Waals surface area contributed by atoms with Gasteiger partial charge in [0.2, 0.25) is 0 Å². The Bertz CT molecular complexity index is 372. The molecule has 1 heterocycles. The molecular formula is C15H23NO2. The van der Waals surface area contributed by atoms with Gasteiger partial charge in [-0.05, 0) is 44.4 Å². The van der Waals surface area contributed by atoms with Crippen LogP contribution < -0.4 is 4.74 Å². The second kappa shape index (κ2) is 6.21. The standard InChI is InChI=1S/C15H23NO2/c1-12-5-3-6-13(2)15(12)18-10-9-16-8-4-7-14(17)11-16/h3,5-6,14,17H,4,7-11H2,1-2H3. The fourth-order valence-corrected chi connectivity index (χ4v) is 2.54. The highest BCUT2D eigenvalue weighted by Crippen LogP contribution is 2.22. The zero-order chi connectivity index (χ0) is 13.0. The predicted molar refractivity (Wildman–Crippen MR) is 73.1 cm³/mol. The van der Waals surface area contributed by atoms with Crippen LogP contribution in [-0.2, 0) is 0 Å². The van der Waals surface area contributed by atoms with Gasteiger partial charge in [0, 0.05) is 13.1 Å². The number of hydrogen-bond donors (Lipinski definition) is 1. The second-order valence-corrected chi connectivity index (χ2v) is 5.17. The van der Waals surface area contributed by atoms with Crippen molar-refractivity contribution in [3.05, 3.63) is 29.3 Å². The number of hydrogen-bond acceptors (Lipinski definition) is 3. The first-order valence-electron chi connectivity index (χ1n) is 6.76. The van der Waals surface area contributed by atoms with Crippen LogP contribution in [0, 0.1) is 13.8 Å². The van der Waals surface area contributed by atoms with Crippen molar-refractivity contribution in [1.29, 1.82) is 0 Å². The molecule has 1 aromatic carbocycles. The van der Waals surface area contributed by atoms with E-state index in [2.05, 4.69) is 36.9 Å². The highest BCUT2D eigenvalue weighted by molar-refractivity contribution is 5.39. The van der Waals surface area contributed by atoms with E-state index in [1.54, 1.807) is 0 Å². The molecule has 1 saturated heterocycles. The Hall–Kier alpha value is -1.06. The van der Waals surface area contributed by atoms with Gasteiger partial charge in [-0.1, -0.05) is 18.2 Å². The van der Waals surface area contributed by atoms with Gasteiger partial charge in [-0.15, -0.1) is 0 Å². The molecule has 3 heteroatoms. The molecule has 0 spiro atoms. The molecule has 0 radical (unpaired) electrons. The average Bonchev–Trinajstić information content (AvgIpc) is 2.33. The third-order valence-electron chi connectivity index (χ3n) is 3.54. The van der Waals surface area contributed by atoms with Crippen molar-refractivity contribution in [2.45, 2.75) is 32.8 Å². The van der Waals surface area contributed by atoms with Gasteiger partial charge in [-0.2, -0.15) is 0 Å². The summed E-state index contributed by atoms with van der Waals surface area (Å²) in [5, 5.41) is 9.60. The number of piperidine rings is 1. The first-order chi connectivity index (χ1) is 8.66. The van der Waals surface area contributed by atoms with Crippen LogP contribution in [0.25, 0.3) is 0 Å². The number of nitrogens with zero attached hydrogens (tertiary/aromatic N) is 1. The van der Waals surface area contributed by atoms with Gasteiger partial charge in [0.15, 0.2) is 0 Å². The van der Waals surface area contributed by atoms with E-state index in [1.165, 1.54) is 11.1 Å². The zero-order valence-electron chi connectivity index (χ0n) is 11.4. The molecule has 1 unspecified atom stereocenters. The minimum absolute atomic E-state index is 0.154. The van der Waals surface area contributed by atoms with E-state index >= 15 is 0 Å². The fraction of sp³-hybridized carbons (Fsp3) is 0.600. The van der Waals surface area contributed by atoms with E-state index in [0.29, 0.717) is 6.61 Å². The number of rotatable bonds is 4. The Morgan fingerprint density at radius 3 is 2.72 bits per heavy atom. The van der Waals surface area contributed by atoms with E-state index < -0.39 is 0 Å². The lowest BCUT2D eigenvalue weighted by molar-refractivity contribution is 0.0632. The van der Waals surface area contributed by atoms with Crippen LogP contribution in [-0.4, -0.2) is 42.4 Å². The third kappa shape index (κ3) is 3.47. The summed E-state index contributed by atoms with van der Waals surface area (Å²) in [4.78, 5) is 2.28. The molecule has 0 saturated carbocycles. The van der Waals surface area contributed by atoms with Crippen LogP contribution in [0.3, 0.4) is 0 Å². The van der Waals surface area contributed by atoms with Crippen molar-refractivity contribution in [2.24, 2.45) is 0 Å². The van der Waals surface area contributed by atoms with Crippen LogP contribution in [0.4, 0.5) is 0 Å². The Morgan fingerprint density at radius 2 is 2.06 bits per heavy atom. The van der Waals surface area contributed by atoms with Crippen LogP contribution in [0.5, 0.6) is 5.75 Å². The number of β-amino-alcohol motifs (C(OH)–C–C–N with tert-alkyl or cyclic N) is 1. The normalized spacial score (nSPS) is 20.9. The molecule has 1 aromatic rings. The van der Waals surface area contributed by atoms with Crippen LogP contribution in [0.2, 0.25) is 0 Å². The summed E-state index contributed by atoms with van der Waals surface area (Å²) in [6.07, 6.45) is 1.87. The fourth-order valence-electron chi connectivity index (χ4n) is 2.54. The molecule has 0 amide bonds. The van der Waals surface area contributed by atoms with Gasteiger partial charge >= 0.3 is 0 Å². The number of likely N-dealkylation sites (tertiary alicyclic amines) is 1. The maximum absolute atomic E-state index is 9.60. The molecule has 0 bridgehead atoms. The van der Waals surface area contributed by atoms with Gasteiger partial charge < -0.3 is 9.84 Å². The number of aliphatic hydroxyl groups is 1. The number of para-hydroxylation sites is 1. The predicted octanol–water partition coefficient (Wildman–Crippen LogP) is 2.14. The molecule has 1 aliphatic rings. The maximum Gasteiger partial charge on any atom is 0.125 e. The lowest BCUT2D eigenvalue weighted by Crippen LogP contribution is -2.40. The number of benzene rings is 1. The van der Waals surface area contributed by atoms with Crippen LogP contribution in [0.1, 0.15) is 24.0 Å². The first-order valence-corrected chi connectivity index (χ1v) is 6.76. The molecule has 3 nitrogen and oxygen atoms in total. The summed E-state index contributed by atoms with van der Waals surface area (Å²) in [7, 11) is 0. The minimum Gasteiger partial charge on any atom is -0.492 e. The van der Waals surface area contributed by atoms with Crippen molar-refractivity contribution in [1.82, 2.24) is 4.90 Å². The largest absolute Gasteiger partial charge is 0.492 e. The highest BCUT2D eigenvalue weighted by atomic mass is 16.5. The lowest BCUT2D eigenvalue weighted by Gasteiger charge is -2.29. The van der Waals surface area contributed by atoms with Crippen molar-refractivity contribution >= 4 is 0 Å². The van der Waals surface area contributed by atoms with E-state index in [4.69, 9.17) is 4.74 Å². The van der Waals surface area contributed by atoms with Crippen LogP contribution >= 0.6 is 0 Å². The van der Waals surface area contributed by atoms with E-state index in [0.717, 1.165) is 38.2 Å². The van der Waals surface area contributed by atoms with E-state index in [9.17, 15) is 5.11 Å². The summed E-state index contributed by atoms with van der Waals surface area (Å²) >= 11 is 0. The molecule has 1 aliphatic heterocycles. The van der Waals surface area contributed by atoms with Crippen molar-refractivity contribution in [3.63, 3.8) is 0 Å². The van der Waals surface area contributed by atoms with Gasteiger partial charge in [0.25, 0.3) is 0 Å². The molecule has 1 fully saturated rings. The van der Waals surface area contributed by atoms with Gasteiger partial charge in [-0.25, -0.2) is 0 Å². The van der Waals surface area contributed by atoms with E-state index in [-0.39, 0.29) is 6.10 Å². The Balaban J connectivity index is 1.81. The topological polar surface area (TPSA) is 32.7 Å². The third-order valence-corrected chi connectivity index (χ3v) is 3.54. The first kappa shape index (κ1) is 13.4. The molecule has 2 rings (SSSR count). The summed E-state index contributed by atoms with van der Waals surface area (Å²) < 4.78 is 5.88. The van der Waals surface area contributed by atoms with Gasteiger partial charge in [-0.3, -0.25) is 4.90 Å².